The second-order valence-corrected chi connectivity index (χ2v) is 10.2. The number of thiazole rings is 1. The van der Waals surface area contributed by atoms with Gasteiger partial charge in [0.25, 0.3) is 5.91 Å². The highest BCUT2D eigenvalue weighted by atomic mass is 32.1. The third-order valence-corrected chi connectivity index (χ3v) is 6.41. The lowest BCUT2D eigenvalue weighted by atomic mass is 10.1. The Morgan fingerprint density at radius 1 is 1.33 bits per heavy atom. The fourth-order valence-electron chi connectivity index (χ4n) is 3.80. The summed E-state index contributed by atoms with van der Waals surface area (Å²) < 4.78 is 8.89. The molecule has 1 aromatic carbocycles. The predicted octanol–water partition coefficient (Wildman–Crippen LogP) is 5.20. The number of anilines is 1. The van der Waals surface area contributed by atoms with Crippen molar-refractivity contribution in [1.29, 1.82) is 0 Å². The fourth-order valence-corrected chi connectivity index (χ4v) is 4.78. The van der Waals surface area contributed by atoms with Gasteiger partial charge in [0.2, 0.25) is 0 Å². The molecule has 30 heavy (non-hydrogen) atoms. The molecule has 0 bridgehead atoms. The van der Waals surface area contributed by atoms with Crippen LogP contribution in [-0.2, 0) is 10.3 Å². The van der Waals surface area contributed by atoms with Gasteiger partial charge in [-0.3, -0.25) is 14.4 Å². The molecule has 1 saturated heterocycles. The van der Waals surface area contributed by atoms with Gasteiger partial charge in [-0.1, -0.05) is 37.3 Å². The Balaban J connectivity index is 1.74. The second-order valence-electron chi connectivity index (χ2n) is 9.21. The number of benzene rings is 1. The van der Waals surface area contributed by atoms with Gasteiger partial charge in [-0.2, -0.15) is 5.10 Å². The number of aromatic nitrogens is 3. The number of para-hydroxylation sites is 1. The normalized spacial score (nSPS) is 17.2. The zero-order valence-electron chi connectivity index (χ0n) is 18.4. The Kier molecular flexibility index (Phi) is 5.68. The van der Waals surface area contributed by atoms with E-state index in [1.54, 1.807) is 4.90 Å². The predicted molar refractivity (Wildman–Crippen MR) is 122 cm³/mol. The van der Waals surface area contributed by atoms with Crippen LogP contribution in [0.4, 0.5) is 5.13 Å². The number of nitrogens with zero attached hydrogens (tertiary/aromatic N) is 4. The quantitative estimate of drug-likeness (QED) is 0.563. The summed E-state index contributed by atoms with van der Waals surface area (Å²) >= 11 is 1.54. The van der Waals surface area contributed by atoms with Gasteiger partial charge in [-0.15, -0.1) is 0 Å². The van der Waals surface area contributed by atoms with Crippen molar-refractivity contribution >= 4 is 32.6 Å². The van der Waals surface area contributed by atoms with E-state index in [4.69, 9.17) is 14.8 Å². The molecule has 1 atom stereocenters. The molecular formula is C23H30N4O2S. The molecule has 0 saturated carbocycles. The van der Waals surface area contributed by atoms with Crippen LogP contribution in [-0.4, -0.2) is 39.9 Å². The molecule has 0 N–H and O–H groups in total. The molecule has 7 heteroatoms. The van der Waals surface area contributed by atoms with Gasteiger partial charge >= 0.3 is 0 Å². The van der Waals surface area contributed by atoms with Gasteiger partial charge in [0.05, 0.1) is 28.4 Å². The van der Waals surface area contributed by atoms with Crippen LogP contribution in [0.1, 0.15) is 69.6 Å². The lowest BCUT2D eigenvalue weighted by Crippen LogP contribution is -2.38. The molecule has 1 fully saturated rings. The summed E-state index contributed by atoms with van der Waals surface area (Å²) in [5.74, 6) is 0.154. The van der Waals surface area contributed by atoms with Crippen LogP contribution in [0.2, 0.25) is 0 Å². The third-order valence-electron chi connectivity index (χ3n) is 5.35. The second kappa shape index (κ2) is 8.12. The minimum Gasteiger partial charge on any atom is -0.376 e. The van der Waals surface area contributed by atoms with E-state index in [1.165, 1.54) is 11.3 Å². The summed E-state index contributed by atoms with van der Waals surface area (Å²) in [6.07, 6.45) is 2.03. The highest BCUT2D eigenvalue weighted by Crippen LogP contribution is 2.31. The molecule has 6 nitrogen and oxygen atoms in total. The van der Waals surface area contributed by atoms with E-state index in [0.717, 1.165) is 35.4 Å². The van der Waals surface area contributed by atoms with Crippen molar-refractivity contribution in [2.24, 2.45) is 0 Å². The van der Waals surface area contributed by atoms with Crippen LogP contribution in [0.25, 0.3) is 10.2 Å². The average molecular weight is 427 g/mol. The number of amides is 1. The highest BCUT2D eigenvalue weighted by molar-refractivity contribution is 7.22. The molecule has 2 aromatic heterocycles. The van der Waals surface area contributed by atoms with Gasteiger partial charge in [0, 0.05) is 12.3 Å². The topological polar surface area (TPSA) is 60.3 Å². The van der Waals surface area contributed by atoms with Gasteiger partial charge in [-0.25, -0.2) is 4.98 Å². The maximum Gasteiger partial charge on any atom is 0.280 e. The number of fused-ring (bicyclic) bond motifs is 1. The van der Waals surface area contributed by atoms with Crippen molar-refractivity contribution in [3.05, 3.63) is 41.7 Å². The fraction of sp³-hybridized carbons (Fsp3) is 0.522. The first-order valence-corrected chi connectivity index (χ1v) is 11.4. The number of rotatable bonds is 5. The third kappa shape index (κ3) is 4.14. The van der Waals surface area contributed by atoms with E-state index in [2.05, 4.69) is 34.6 Å². The van der Waals surface area contributed by atoms with Gasteiger partial charge in [0.15, 0.2) is 10.8 Å². The number of hydrogen-bond donors (Lipinski definition) is 0. The van der Waals surface area contributed by atoms with Gasteiger partial charge in [-0.05, 0) is 57.7 Å². The minimum absolute atomic E-state index is 0.0373. The summed E-state index contributed by atoms with van der Waals surface area (Å²) in [6, 6.07) is 9.92. The Morgan fingerprint density at radius 2 is 2.10 bits per heavy atom. The Bertz CT molecular complexity index is 1010. The summed E-state index contributed by atoms with van der Waals surface area (Å²) in [5.41, 5.74) is 2.23. The lowest BCUT2D eigenvalue weighted by molar-refractivity contribution is 0.0912. The van der Waals surface area contributed by atoms with Crippen LogP contribution < -0.4 is 4.90 Å². The molecule has 0 aliphatic carbocycles. The highest BCUT2D eigenvalue weighted by Gasteiger charge is 2.30. The van der Waals surface area contributed by atoms with E-state index in [-0.39, 0.29) is 23.5 Å². The van der Waals surface area contributed by atoms with Crippen LogP contribution in [0, 0.1) is 0 Å². The van der Waals surface area contributed by atoms with Gasteiger partial charge < -0.3 is 4.74 Å². The first kappa shape index (κ1) is 21.0. The van der Waals surface area contributed by atoms with Crippen LogP contribution in [0.15, 0.2) is 30.3 Å². The van der Waals surface area contributed by atoms with Crippen LogP contribution in [0.5, 0.6) is 0 Å². The van der Waals surface area contributed by atoms with E-state index >= 15 is 0 Å². The molecule has 1 aliphatic rings. The zero-order valence-corrected chi connectivity index (χ0v) is 19.2. The summed E-state index contributed by atoms with van der Waals surface area (Å²) in [6.45, 7) is 11.8. The lowest BCUT2D eigenvalue weighted by Gasteiger charge is -2.24. The number of ether oxygens (including phenoxy) is 1. The van der Waals surface area contributed by atoms with E-state index in [1.807, 2.05) is 35.0 Å². The smallest absolute Gasteiger partial charge is 0.280 e. The van der Waals surface area contributed by atoms with Crippen LogP contribution >= 0.6 is 11.3 Å². The average Bonchev–Trinajstić information content (AvgIpc) is 3.43. The molecule has 1 aliphatic heterocycles. The number of carbonyl (C=O) groups is 1. The van der Waals surface area contributed by atoms with Crippen molar-refractivity contribution in [3.63, 3.8) is 0 Å². The molecule has 4 rings (SSSR count). The molecule has 1 amide bonds. The van der Waals surface area contributed by atoms with E-state index in [9.17, 15) is 4.79 Å². The Hall–Kier alpha value is -2.25. The Labute approximate surface area is 181 Å². The molecule has 160 valence electrons. The number of hydrogen-bond acceptors (Lipinski definition) is 5. The van der Waals surface area contributed by atoms with Crippen molar-refractivity contribution in [1.82, 2.24) is 14.8 Å². The summed E-state index contributed by atoms with van der Waals surface area (Å²) in [5, 5.41) is 5.44. The van der Waals surface area contributed by atoms with Crippen molar-refractivity contribution < 1.29 is 9.53 Å². The minimum atomic E-state index is -0.201. The Morgan fingerprint density at radius 3 is 2.70 bits per heavy atom. The monoisotopic (exact) mass is 426 g/mol. The van der Waals surface area contributed by atoms with Gasteiger partial charge in [0.1, 0.15) is 0 Å². The zero-order chi connectivity index (χ0) is 21.5. The largest absolute Gasteiger partial charge is 0.376 e. The molecule has 3 heterocycles. The summed E-state index contributed by atoms with van der Waals surface area (Å²) in [4.78, 5) is 20.2. The standard InChI is InChI=1S/C23H30N4O2S/c1-15(2)19-13-18(25-27(19)23(3,4)5)21(28)26(14-16-9-8-12-29-16)22-24-17-10-6-7-11-20(17)30-22/h6-7,10-11,13,15-16H,8-9,12,14H2,1-5H3. The molecular weight excluding hydrogens is 396 g/mol. The molecule has 0 radical (unpaired) electrons. The number of carbonyl (C=O) groups excluding carboxylic acids is 1. The summed E-state index contributed by atoms with van der Waals surface area (Å²) in [7, 11) is 0. The molecule has 3 aromatic rings. The molecule has 0 spiro atoms. The van der Waals surface area contributed by atoms with Crippen molar-refractivity contribution in [2.75, 3.05) is 18.1 Å². The SMILES string of the molecule is CC(C)c1cc(C(=O)N(CC2CCCO2)c2nc3ccccc3s2)nn1C(C)(C)C. The van der Waals surface area contributed by atoms with Crippen LogP contribution in [0.3, 0.4) is 0 Å². The van der Waals surface area contributed by atoms with Crippen molar-refractivity contribution in [2.45, 2.75) is 65.0 Å². The van der Waals surface area contributed by atoms with Crippen molar-refractivity contribution in [3.8, 4) is 0 Å². The maximum absolute atomic E-state index is 13.7. The van der Waals surface area contributed by atoms with E-state index in [0.29, 0.717) is 17.4 Å². The van der Waals surface area contributed by atoms with E-state index < -0.39 is 0 Å². The molecule has 1 unspecified atom stereocenters. The first-order valence-electron chi connectivity index (χ1n) is 10.6. The first-order chi connectivity index (χ1) is 14.2. The maximum atomic E-state index is 13.7.